The lowest BCUT2D eigenvalue weighted by atomic mass is 9.78. The van der Waals surface area contributed by atoms with Gasteiger partial charge in [0.05, 0.1) is 0 Å². The molecule has 100 valence electrons. The minimum absolute atomic E-state index is 0.699. The van der Waals surface area contributed by atoms with Gasteiger partial charge in [0, 0.05) is 13.1 Å². The van der Waals surface area contributed by atoms with Gasteiger partial charge in [-0.05, 0) is 47.2 Å². The molecule has 4 rings (SSSR count). The van der Waals surface area contributed by atoms with Crippen LogP contribution in [0.5, 0.6) is 0 Å². The fourth-order valence-corrected chi connectivity index (χ4v) is 3.77. The lowest BCUT2D eigenvalue weighted by Crippen LogP contribution is -2.17. The first-order chi connectivity index (χ1) is 9.83. The summed E-state index contributed by atoms with van der Waals surface area (Å²) in [5.74, 6) is 0.699. The van der Waals surface area contributed by atoms with Crippen molar-refractivity contribution in [1.82, 2.24) is 4.90 Å². The second kappa shape index (κ2) is 4.60. The summed E-state index contributed by atoms with van der Waals surface area (Å²) < 4.78 is 0. The van der Waals surface area contributed by atoms with Crippen LogP contribution in [-0.4, -0.2) is 25.0 Å². The van der Waals surface area contributed by atoms with E-state index < -0.39 is 0 Å². The summed E-state index contributed by atoms with van der Waals surface area (Å²) in [7, 11) is 2.23. The lowest BCUT2D eigenvalue weighted by molar-refractivity contribution is 0.394. The monoisotopic (exact) mass is 261 g/mol. The van der Waals surface area contributed by atoms with Gasteiger partial charge in [-0.2, -0.15) is 0 Å². The van der Waals surface area contributed by atoms with Gasteiger partial charge in [-0.25, -0.2) is 0 Å². The molecule has 1 fully saturated rings. The van der Waals surface area contributed by atoms with Crippen LogP contribution in [0.2, 0.25) is 0 Å². The molecule has 1 heterocycles. The third-order valence-corrected chi connectivity index (χ3v) is 4.60. The standard InChI is InChI=1S/C19H19N/c1-20-12-16-11-15-9-5-6-10-17(15)19(18(16)13-20)14-7-3-2-4-8-14/h2-10,16H,11-13H2,1H3. The van der Waals surface area contributed by atoms with Crippen LogP contribution in [0.3, 0.4) is 0 Å². The maximum absolute atomic E-state index is 2.45. The molecule has 2 aromatic carbocycles. The van der Waals surface area contributed by atoms with Crippen molar-refractivity contribution < 1.29 is 0 Å². The second-order valence-corrected chi connectivity index (χ2v) is 6.02. The molecule has 1 heteroatoms. The van der Waals surface area contributed by atoms with Crippen molar-refractivity contribution in [1.29, 1.82) is 0 Å². The van der Waals surface area contributed by atoms with Crippen molar-refractivity contribution in [3.05, 3.63) is 76.9 Å². The van der Waals surface area contributed by atoms with Crippen molar-refractivity contribution in [3.63, 3.8) is 0 Å². The molecule has 1 unspecified atom stereocenters. The summed E-state index contributed by atoms with van der Waals surface area (Å²) in [6.07, 6.45) is 1.20. The minimum Gasteiger partial charge on any atom is -0.302 e. The largest absolute Gasteiger partial charge is 0.302 e. The Balaban J connectivity index is 1.96. The Kier molecular flexibility index (Phi) is 2.75. The van der Waals surface area contributed by atoms with Gasteiger partial charge in [0.2, 0.25) is 0 Å². The zero-order valence-corrected chi connectivity index (χ0v) is 11.8. The number of fused-ring (bicyclic) bond motifs is 2. The van der Waals surface area contributed by atoms with Crippen LogP contribution in [0.25, 0.3) is 5.57 Å². The van der Waals surface area contributed by atoms with Gasteiger partial charge in [0.1, 0.15) is 0 Å². The average Bonchev–Trinajstić information content (AvgIpc) is 2.85. The van der Waals surface area contributed by atoms with Crippen LogP contribution in [-0.2, 0) is 6.42 Å². The van der Waals surface area contributed by atoms with Gasteiger partial charge < -0.3 is 4.90 Å². The van der Waals surface area contributed by atoms with Gasteiger partial charge >= 0.3 is 0 Å². The maximum Gasteiger partial charge on any atom is 0.0202 e. The van der Waals surface area contributed by atoms with Gasteiger partial charge in [0.15, 0.2) is 0 Å². The number of hydrogen-bond acceptors (Lipinski definition) is 1. The summed E-state index contributed by atoms with van der Waals surface area (Å²) in [4.78, 5) is 2.45. The fraction of sp³-hybridized carbons (Fsp3) is 0.263. The van der Waals surface area contributed by atoms with Crippen molar-refractivity contribution in [3.8, 4) is 0 Å². The van der Waals surface area contributed by atoms with Crippen LogP contribution in [0.4, 0.5) is 0 Å². The molecule has 2 aliphatic rings. The highest BCUT2D eigenvalue weighted by molar-refractivity contribution is 5.85. The van der Waals surface area contributed by atoms with E-state index in [1.165, 1.54) is 35.2 Å². The quantitative estimate of drug-likeness (QED) is 0.758. The molecule has 1 atom stereocenters. The van der Waals surface area contributed by atoms with Crippen molar-refractivity contribution >= 4 is 5.57 Å². The third-order valence-electron chi connectivity index (χ3n) is 4.60. The van der Waals surface area contributed by atoms with Crippen molar-refractivity contribution in [2.24, 2.45) is 5.92 Å². The Morgan fingerprint density at radius 3 is 2.55 bits per heavy atom. The highest BCUT2D eigenvalue weighted by Crippen LogP contribution is 2.41. The van der Waals surface area contributed by atoms with E-state index in [4.69, 9.17) is 0 Å². The van der Waals surface area contributed by atoms with E-state index in [1.54, 1.807) is 5.57 Å². The number of nitrogens with zero attached hydrogens (tertiary/aromatic N) is 1. The van der Waals surface area contributed by atoms with Crippen LogP contribution >= 0.6 is 0 Å². The molecule has 0 aromatic heterocycles. The smallest absolute Gasteiger partial charge is 0.0202 e. The first kappa shape index (κ1) is 11.9. The number of likely N-dealkylation sites (N-methyl/N-ethyl adjacent to an activating group) is 1. The molecule has 0 bridgehead atoms. The Morgan fingerprint density at radius 1 is 0.950 bits per heavy atom. The molecule has 0 saturated carbocycles. The molecule has 0 amide bonds. The van der Waals surface area contributed by atoms with E-state index >= 15 is 0 Å². The Bertz CT molecular complexity index is 669. The molecule has 0 spiro atoms. The maximum atomic E-state index is 2.45. The number of likely N-dealkylation sites (tertiary alicyclic amines) is 1. The minimum atomic E-state index is 0.699. The number of benzene rings is 2. The molecular weight excluding hydrogens is 242 g/mol. The lowest BCUT2D eigenvalue weighted by Gasteiger charge is -2.26. The highest BCUT2D eigenvalue weighted by atomic mass is 15.1. The predicted molar refractivity (Wildman–Crippen MR) is 83.6 cm³/mol. The fourth-order valence-electron chi connectivity index (χ4n) is 3.77. The highest BCUT2D eigenvalue weighted by Gasteiger charge is 2.33. The SMILES string of the molecule is CN1CC2=C(c3ccccc3)c3ccccc3CC2C1. The van der Waals surface area contributed by atoms with E-state index in [-0.39, 0.29) is 0 Å². The Morgan fingerprint density at radius 2 is 1.70 bits per heavy atom. The van der Waals surface area contributed by atoms with E-state index in [0.717, 1.165) is 6.54 Å². The average molecular weight is 261 g/mol. The summed E-state index contributed by atoms with van der Waals surface area (Å²) in [5.41, 5.74) is 7.45. The zero-order chi connectivity index (χ0) is 13.5. The molecule has 20 heavy (non-hydrogen) atoms. The van der Waals surface area contributed by atoms with Crippen LogP contribution in [0.15, 0.2) is 60.2 Å². The molecule has 1 aliphatic heterocycles. The number of rotatable bonds is 1. The van der Waals surface area contributed by atoms with E-state index in [2.05, 4.69) is 66.5 Å². The van der Waals surface area contributed by atoms with Gasteiger partial charge in [-0.1, -0.05) is 54.6 Å². The molecule has 1 nitrogen and oxygen atoms in total. The van der Waals surface area contributed by atoms with E-state index in [0.29, 0.717) is 5.92 Å². The number of hydrogen-bond donors (Lipinski definition) is 0. The third kappa shape index (κ3) is 1.82. The normalized spacial score (nSPS) is 21.8. The summed E-state index contributed by atoms with van der Waals surface area (Å²) >= 11 is 0. The first-order valence-corrected chi connectivity index (χ1v) is 7.38. The Labute approximate surface area is 120 Å². The molecular formula is C19H19N. The van der Waals surface area contributed by atoms with Crippen molar-refractivity contribution in [2.75, 3.05) is 20.1 Å². The summed E-state index contributed by atoms with van der Waals surface area (Å²) in [5, 5.41) is 0. The first-order valence-electron chi connectivity index (χ1n) is 7.38. The van der Waals surface area contributed by atoms with Crippen LogP contribution in [0.1, 0.15) is 16.7 Å². The topological polar surface area (TPSA) is 3.24 Å². The predicted octanol–water partition coefficient (Wildman–Crippen LogP) is 3.61. The molecule has 1 aliphatic carbocycles. The van der Waals surface area contributed by atoms with Gasteiger partial charge in [-0.15, -0.1) is 0 Å². The van der Waals surface area contributed by atoms with Crippen molar-refractivity contribution in [2.45, 2.75) is 6.42 Å². The van der Waals surface area contributed by atoms with E-state index in [9.17, 15) is 0 Å². The van der Waals surface area contributed by atoms with Gasteiger partial charge in [0.25, 0.3) is 0 Å². The van der Waals surface area contributed by atoms with Gasteiger partial charge in [-0.3, -0.25) is 0 Å². The molecule has 0 N–H and O–H groups in total. The zero-order valence-electron chi connectivity index (χ0n) is 11.8. The van der Waals surface area contributed by atoms with Crippen LogP contribution in [0, 0.1) is 5.92 Å². The summed E-state index contributed by atoms with van der Waals surface area (Å²) in [6.45, 7) is 2.31. The molecule has 1 saturated heterocycles. The van der Waals surface area contributed by atoms with E-state index in [1.807, 2.05) is 0 Å². The Hall–Kier alpha value is -1.86. The molecule has 0 radical (unpaired) electrons. The van der Waals surface area contributed by atoms with Crippen LogP contribution < -0.4 is 0 Å². The molecule has 2 aromatic rings. The summed E-state index contributed by atoms with van der Waals surface area (Å²) in [6, 6.07) is 19.8. The second-order valence-electron chi connectivity index (χ2n) is 6.02.